The van der Waals surface area contributed by atoms with Gasteiger partial charge < -0.3 is 4.90 Å². The van der Waals surface area contributed by atoms with E-state index in [9.17, 15) is 0 Å². The van der Waals surface area contributed by atoms with Gasteiger partial charge in [-0.25, -0.2) is 0 Å². The van der Waals surface area contributed by atoms with E-state index in [1.165, 1.54) is 40.8 Å². The van der Waals surface area contributed by atoms with Gasteiger partial charge in [-0.1, -0.05) is 66.7 Å². The maximum absolute atomic E-state index is 2.35. The average molecular weight is 347 g/mol. The van der Waals surface area contributed by atoms with Crippen LogP contribution in [0.1, 0.15) is 11.1 Å². The van der Waals surface area contributed by atoms with Crippen LogP contribution in [0.5, 0.6) is 0 Å². The Balaban J connectivity index is 1.61. The zero-order valence-corrected chi connectivity index (χ0v) is 15.2. The Morgan fingerprint density at radius 2 is 1.04 bits per heavy atom. The lowest BCUT2D eigenvalue weighted by atomic mass is 9.86. The Morgan fingerprint density at radius 1 is 0.444 bits per heavy atom. The summed E-state index contributed by atoms with van der Waals surface area (Å²) in [5.74, 6) is 0. The smallest absolute Gasteiger partial charge is 0.0467 e. The highest BCUT2D eigenvalue weighted by Crippen LogP contribution is 2.37. The van der Waals surface area contributed by atoms with Crippen molar-refractivity contribution in [2.24, 2.45) is 0 Å². The summed E-state index contributed by atoms with van der Waals surface area (Å²) in [7, 11) is 0. The third-order valence-corrected chi connectivity index (χ3v) is 5.34. The number of benzene rings is 4. The zero-order valence-electron chi connectivity index (χ0n) is 15.2. The highest BCUT2D eigenvalue weighted by Gasteiger charge is 2.15. The van der Waals surface area contributed by atoms with E-state index in [0.29, 0.717) is 0 Å². The topological polar surface area (TPSA) is 3.24 Å². The summed E-state index contributed by atoms with van der Waals surface area (Å²) in [6.07, 6.45) is 2.44. The van der Waals surface area contributed by atoms with Gasteiger partial charge in [0.25, 0.3) is 0 Å². The molecule has 0 saturated heterocycles. The molecule has 5 rings (SSSR count). The molecule has 0 fully saturated rings. The first kappa shape index (κ1) is 15.9. The lowest BCUT2D eigenvalue weighted by Crippen LogP contribution is -2.10. The molecule has 4 aromatic carbocycles. The van der Waals surface area contributed by atoms with Crippen molar-refractivity contribution in [1.29, 1.82) is 0 Å². The number of rotatable bonds is 4. The van der Waals surface area contributed by atoms with E-state index in [-0.39, 0.29) is 0 Å². The van der Waals surface area contributed by atoms with Crippen LogP contribution in [0.2, 0.25) is 0 Å². The molecule has 1 heteroatoms. The van der Waals surface area contributed by atoms with Crippen LogP contribution in [-0.2, 0) is 12.8 Å². The van der Waals surface area contributed by atoms with Gasteiger partial charge in [0.15, 0.2) is 0 Å². The second-order valence-electron chi connectivity index (χ2n) is 7.04. The molecule has 0 heterocycles. The molecule has 0 bridgehead atoms. The van der Waals surface area contributed by atoms with E-state index in [2.05, 4.69) is 108 Å². The average Bonchev–Trinajstić information content (AvgIpc) is 2.71. The third-order valence-electron chi connectivity index (χ3n) is 5.34. The van der Waals surface area contributed by atoms with Crippen LogP contribution in [0.3, 0.4) is 0 Å². The molecule has 1 nitrogen and oxygen atoms in total. The van der Waals surface area contributed by atoms with E-state index >= 15 is 0 Å². The second-order valence-corrected chi connectivity index (χ2v) is 7.04. The maximum Gasteiger partial charge on any atom is 0.0467 e. The van der Waals surface area contributed by atoms with Crippen molar-refractivity contribution in [1.82, 2.24) is 0 Å². The lowest BCUT2D eigenvalue weighted by molar-refractivity contribution is 0.840. The van der Waals surface area contributed by atoms with Gasteiger partial charge in [0.1, 0.15) is 0 Å². The van der Waals surface area contributed by atoms with Crippen LogP contribution in [-0.4, -0.2) is 0 Å². The minimum atomic E-state index is 1.16. The molecule has 130 valence electrons. The largest absolute Gasteiger partial charge is 0.310 e. The Kier molecular flexibility index (Phi) is 3.99. The fourth-order valence-corrected chi connectivity index (χ4v) is 3.80. The summed E-state index contributed by atoms with van der Waals surface area (Å²) in [6, 6.07) is 36.8. The van der Waals surface area contributed by atoms with Crippen LogP contribution >= 0.6 is 0 Å². The monoisotopic (exact) mass is 347 g/mol. The second kappa shape index (κ2) is 6.77. The summed E-state index contributed by atoms with van der Waals surface area (Å²) >= 11 is 0. The molecule has 0 spiro atoms. The van der Waals surface area contributed by atoms with E-state index < -0.39 is 0 Å². The number of hydrogen-bond acceptors (Lipinski definition) is 1. The Labute approximate surface area is 160 Å². The van der Waals surface area contributed by atoms with Crippen molar-refractivity contribution in [3.8, 4) is 11.1 Å². The highest BCUT2D eigenvalue weighted by molar-refractivity contribution is 5.80. The van der Waals surface area contributed by atoms with Crippen molar-refractivity contribution in [3.05, 3.63) is 114 Å². The molecule has 4 aromatic rings. The fourth-order valence-electron chi connectivity index (χ4n) is 3.80. The van der Waals surface area contributed by atoms with Gasteiger partial charge in [0, 0.05) is 17.1 Å². The number of anilines is 3. The Hall–Kier alpha value is -3.32. The van der Waals surface area contributed by atoms with Crippen molar-refractivity contribution < 1.29 is 0 Å². The van der Waals surface area contributed by atoms with E-state index in [1.54, 1.807) is 0 Å². The molecule has 0 aliphatic heterocycles. The zero-order chi connectivity index (χ0) is 18.1. The minimum absolute atomic E-state index is 1.16. The maximum atomic E-state index is 2.35. The first-order chi connectivity index (χ1) is 13.4. The van der Waals surface area contributed by atoms with Crippen LogP contribution < -0.4 is 4.90 Å². The molecule has 0 amide bonds. The first-order valence-corrected chi connectivity index (χ1v) is 9.51. The van der Waals surface area contributed by atoms with Crippen molar-refractivity contribution >= 4 is 17.1 Å². The van der Waals surface area contributed by atoms with E-state index in [4.69, 9.17) is 0 Å². The predicted molar refractivity (Wildman–Crippen MR) is 114 cm³/mol. The van der Waals surface area contributed by atoms with Crippen LogP contribution in [0.4, 0.5) is 17.1 Å². The van der Waals surface area contributed by atoms with Crippen molar-refractivity contribution in [2.45, 2.75) is 12.8 Å². The van der Waals surface area contributed by atoms with Gasteiger partial charge in [0.2, 0.25) is 0 Å². The van der Waals surface area contributed by atoms with Gasteiger partial charge in [-0.2, -0.15) is 0 Å². The van der Waals surface area contributed by atoms with Crippen LogP contribution in [0, 0.1) is 0 Å². The molecule has 0 radical (unpaired) electrons. The van der Waals surface area contributed by atoms with Gasteiger partial charge in [-0.05, 0) is 71.5 Å². The molecule has 1 aliphatic rings. The SMILES string of the molecule is c1ccc(N(c2ccccc2)c2cccc(-c3ccc4c(c3)CC4)c2)cc1. The molecule has 1 aliphatic carbocycles. The lowest BCUT2D eigenvalue weighted by Gasteiger charge is -2.26. The number of aryl methyl sites for hydroxylation is 2. The van der Waals surface area contributed by atoms with Crippen LogP contribution in [0.15, 0.2) is 103 Å². The minimum Gasteiger partial charge on any atom is -0.310 e. The van der Waals surface area contributed by atoms with E-state index in [0.717, 1.165) is 11.4 Å². The molecule has 0 atom stereocenters. The quantitative estimate of drug-likeness (QED) is 0.387. The van der Waals surface area contributed by atoms with Gasteiger partial charge in [0.05, 0.1) is 0 Å². The van der Waals surface area contributed by atoms with Gasteiger partial charge in [-0.15, -0.1) is 0 Å². The summed E-state index contributed by atoms with van der Waals surface area (Å²) in [4.78, 5) is 2.31. The summed E-state index contributed by atoms with van der Waals surface area (Å²) in [6.45, 7) is 0. The normalized spacial score (nSPS) is 12.1. The first-order valence-electron chi connectivity index (χ1n) is 9.51. The Morgan fingerprint density at radius 3 is 1.63 bits per heavy atom. The van der Waals surface area contributed by atoms with Crippen LogP contribution in [0.25, 0.3) is 11.1 Å². The molecule has 0 saturated carbocycles. The molecular weight excluding hydrogens is 326 g/mol. The summed E-state index contributed by atoms with van der Waals surface area (Å²) in [5.41, 5.74) is 9.07. The highest BCUT2D eigenvalue weighted by atomic mass is 15.1. The molecular formula is C26H21N. The number of nitrogens with zero attached hydrogens (tertiary/aromatic N) is 1. The van der Waals surface area contributed by atoms with Gasteiger partial charge >= 0.3 is 0 Å². The molecule has 0 unspecified atom stereocenters. The fraction of sp³-hybridized carbons (Fsp3) is 0.0769. The van der Waals surface area contributed by atoms with Crippen molar-refractivity contribution in [3.63, 3.8) is 0 Å². The molecule has 27 heavy (non-hydrogen) atoms. The Bertz CT molecular complexity index is 1030. The third kappa shape index (κ3) is 3.02. The molecule has 0 aromatic heterocycles. The number of hydrogen-bond donors (Lipinski definition) is 0. The summed E-state index contributed by atoms with van der Waals surface area (Å²) < 4.78 is 0. The number of fused-ring (bicyclic) bond motifs is 1. The van der Waals surface area contributed by atoms with Gasteiger partial charge in [-0.3, -0.25) is 0 Å². The predicted octanol–water partition coefficient (Wildman–Crippen LogP) is 6.92. The standard InChI is InChI=1S/C26H21N/c1-3-9-24(10-4-1)27(25-11-5-2-6-12-25)26-13-7-8-21(19-26)23-17-15-20-14-16-22(20)18-23/h1-13,15,17-19H,14,16H2. The van der Waals surface area contributed by atoms with E-state index in [1.807, 2.05) is 0 Å². The summed E-state index contributed by atoms with van der Waals surface area (Å²) in [5, 5.41) is 0. The van der Waals surface area contributed by atoms with Crippen molar-refractivity contribution in [2.75, 3.05) is 4.90 Å². The molecule has 0 N–H and O–H groups in total. The number of para-hydroxylation sites is 2.